The summed E-state index contributed by atoms with van der Waals surface area (Å²) in [5, 5.41) is 7.38. The normalized spacial score (nSPS) is 18.5. The van der Waals surface area contributed by atoms with Gasteiger partial charge in [0.05, 0.1) is 11.1 Å². The van der Waals surface area contributed by atoms with Crippen molar-refractivity contribution in [2.24, 2.45) is 0 Å². The SMILES string of the molecule is CN(C)c1cc(NC2CCC(NC(=O)c3ccc(C(F)(F)F)c(F)c3)CC2)nc2ccccc12. The van der Waals surface area contributed by atoms with Crippen LogP contribution in [0, 0.1) is 5.82 Å². The lowest BCUT2D eigenvalue weighted by atomic mass is 9.91. The second-order valence-corrected chi connectivity index (χ2v) is 8.80. The van der Waals surface area contributed by atoms with Gasteiger partial charge in [-0.3, -0.25) is 4.79 Å². The Morgan fingerprint density at radius 1 is 1.00 bits per heavy atom. The van der Waals surface area contributed by atoms with Crippen molar-refractivity contribution in [1.82, 2.24) is 10.3 Å². The maximum absolute atomic E-state index is 13.8. The lowest BCUT2D eigenvalue weighted by Gasteiger charge is -2.30. The molecule has 0 saturated heterocycles. The molecule has 1 aromatic heterocycles. The molecule has 180 valence electrons. The molecule has 3 aromatic rings. The lowest BCUT2D eigenvalue weighted by Crippen LogP contribution is -2.40. The first-order chi connectivity index (χ1) is 16.1. The Labute approximate surface area is 195 Å². The third-order valence-corrected chi connectivity index (χ3v) is 6.13. The topological polar surface area (TPSA) is 57.3 Å². The summed E-state index contributed by atoms with van der Waals surface area (Å²) in [7, 11) is 3.98. The molecule has 1 heterocycles. The van der Waals surface area contributed by atoms with E-state index in [-0.39, 0.29) is 17.6 Å². The standard InChI is InChI=1S/C25H26F4N4O/c1-33(2)22-14-23(32-21-6-4-3-5-18(21)22)30-16-8-10-17(11-9-16)31-24(34)15-7-12-19(20(26)13-15)25(27,28)29/h3-7,12-14,16-17H,8-11H2,1-2H3,(H,30,32)(H,31,34). The average molecular weight is 475 g/mol. The first-order valence-corrected chi connectivity index (χ1v) is 11.1. The molecular formula is C25H26F4N4O. The van der Waals surface area contributed by atoms with Crippen molar-refractivity contribution in [3.63, 3.8) is 0 Å². The Hall–Kier alpha value is -3.36. The van der Waals surface area contributed by atoms with E-state index in [1.165, 1.54) is 0 Å². The first-order valence-electron chi connectivity index (χ1n) is 11.1. The fourth-order valence-corrected chi connectivity index (χ4v) is 4.35. The third kappa shape index (κ3) is 5.24. The number of amides is 1. The van der Waals surface area contributed by atoms with Crippen molar-refractivity contribution in [2.75, 3.05) is 24.3 Å². The minimum absolute atomic E-state index is 0.123. The molecule has 1 amide bonds. The molecule has 1 saturated carbocycles. The molecule has 0 bridgehead atoms. The number of para-hydroxylation sites is 1. The van der Waals surface area contributed by atoms with E-state index in [0.29, 0.717) is 25.0 Å². The Kier molecular flexibility index (Phi) is 6.63. The monoisotopic (exact) mass is 474 g/mol. The molecule has 4 rings (SSSR count). The molecule has 2 N–H and O–H groups in total. The molecule has 0 radical (unpaired) electrons. The van der Waals surface area contributed by atoms with Crippen LogP contribution in [-0.4, -0.2) is 37.1 Å². The van der Waals surface area contributed by atoms with Gasteiger partial charge in [-0.1, -0.05) is 18.2 Å². The molecule has 0 aliphatic heterocycles. The van der Waals surface area contributed by atoms with Crippen LogP contribution in [0.4, 0.5) is 29.1 Å². The van der Waals surface area contributed by atoms with E-state index in [2.05, 4.69) is 10.6 Å². The summed E-state index contributed by atoms with van der Waals surface area (Å²) in [4.78, 5) is 19.2. The summed E-state index contributed by atoms with van der Waals surface area (Å²) in [5.41, 5.74) is 0.469. The van der Waals surface area contributed by atoms with E-state index in [0.717, 1.165) is 41.3 Å². The number of pyridine rings is 1. The predicted molar refractivity (Wildman–Crippen MR) is 125 cm³/mol. The molecule has 5 nitrogen and oxygen atoms in total. The second kappa shape index (κ2) is 9.48. The zero-order chi connectivity index (χ0) is 24.5. The largest absolute Gasteiger partial charge is 0.419 e. The van der Waals surface area contributed by atoms with Gasteiger partial charge in [0.1, 0.15) is 11.6 Å². The zero-order valence-electron chi connectivity index (χ0n) is 18.9. The predicted octanol–water partition coefficient (Wildman–Crippen LogP) is 5.61. The number of hydrogen-bond acceptors (Lipinski definition) is 4. The quantitative estimate of drug-likeness (QED) is 0.472. The summed E-state index contributed by atoms with van der Waals surface area (Å²) in [6.45, 7) is 0. The van der Waals surface area contributed by atoms with Crippen LogP contribution in [0.1, 0.15) is 41.6 Å². The number of rotatable bonds is 5. The minimum Gasteiger partial charge on any atom is -0.377 e. The van der Waals surface area contributed by atoms with Crippen molar-refractivity contribution >= 4 is 28.3 Å². The highest BCUT2D eigenvalue weighted by molar-refractivity contribution is 5.94. The molecule has 2 aromatic carbocycles. The van der Waals surface area contributed by atoms with Crippen molar-refractivity contribution in [3.05, 3.63) is 65.5 Å². The van der Waals surface area contributed by atoms with Crippen molar-refractivity contribution < 1.29 is 22.4 Å². The first kappa shape index (κ1) is 23.8. The Bertz CT molecular complexity index is 1190. The van der Waals surface area contributed by atoms with E-state index in [1.54, 1.807) is 0 Å². The summed E-state index contributed by atoms with van der Waals surface area (Å²) >= 11 is 0. The number of carbonyl (C=O) groups excluding carboxylic acids is 1. The van der Waals surface area contributed by atoms with Crippen LogP contribution in [-0.2, 0) is 6.18 Å². The number of fused-ring (bicyclic) bond motifs is 1. The number of alkyl halides is 3. The van der Waals surface area contributed by atoms with E-state index < -0.39 is 23.5 Å². The number of anilines is 2. The molecule has 0 unspecified atom stereocenters. The van der Waals surface area contributed by atoms with E-state index >= 15 is 0 Å². The molecule has 1 aliphatic carbocycles. The molecule has 0 atom stereocenters. The highest BCUT2D eigenvalue weighted by Gasteiger charge is 2.34. The van der Waals surface area contributed by atoms with Crippen LogP contribution in [0.2, 0.25) is 0 Å². The summed E-state index contributed by atoms with van der Waals surface area (Å²) in [6, 6.07) is 12.3. The molecule has 0 spiro atoms. The number of aromatic nitrogens is 1. The van der Waals surface area contributed by atoms with Crippen LogP contribution >= 0.6 is 0 Å². The van der Waals surface area contributed by atoms with E-state index in [9.17, 15) is 22.4 Å². The summed E-state index contributed by atoms with van der Waals surface area (Å²) in [5.74, 6) is -1.24. The van der Waals surface area contributed by atoms with Gasteiger partial charge in [0.2, 0.25) is 0 Å². The number of carbonyl (C=O) groups is 1. The van der Waals surface area contributed by atoms with Crippen molar-refractivity contribution in [1.29, 1.82) is 0 Å². The maximum atomic E-state index is 13.8. The van der Waals surface area contributed by atoms with Crippen LogP contribution in [0.15, 0.2) is 48.5 Å². The molecule has 9 heteroatoms. The number of halogens is 4. The van der Waals surface area contributed by atoms with E-state index in [4.69, 9.17) is 4.98 Å². The van der Waals surface area contributed by atoms with Gasteiger partial charge in [-0.2, -0.15) is 13.2 Å². The minimum atomic E-state index is -4.79. The van der Waals surface area contributed by atoms with Gasteiger partial charge in [-0.05, 0) is 49.9 Å². The van der Waals surface area contributed by atoms with Crippen molar-refractivity contribution in [2.45, 2.75) is 43.9 Å². The molecule has 1 aliphatic rings. The van der Waals surface area contributed by atoms with E-state index in [1.807, 2.05) is 49.3 Å². The maximum Gasteiger partial charge on any atom is 0.419 e. The Morgan fingerprint density at radius 2 is 1.68 bits per heavy atom. The average Bonchev–Trinajstić information content (AvgIpc) is 2.78. The van der Waals surface area contributed by atoms with Crippen molar-refractivity contribution in [3.8, 4) is 0 Å². The van der Waals surface area contributed by atoms with Crippen LogP contribution in [0.25, 0.3) is 10.9 Å². The van der Waals surface area contributed by atoms with Gasteiger partial charge < -0.3 is 15.5 Å². The molecule has 1 fully saturated rings. The van der Waals surface area contributed by atoms with Gasteiger partial charge in [-0.15, -0.1) is 0 Å². The van der Waals surface area contributed by atoms with Gasteiger partial charge in [0.15, 0.2) is 0 Å². The van der Waals surface area contributed by atoms with Crippen LogP contribution in [0.5, 0.6) is 0 Å². The van der Waals surface area contributed by atoms with Crippen LogP contribution < -0.4 is 15.5 Å². The summed E-state index contributed by atoms with van der Waals surface area (Å²) in [6.07, 6.45) is -1.82. The summed E-state index contributed by atoms with van der Waals surface area (Å²) < 4.78 is 52.0. The third-order valence-electron chi connectivity index (χ3n) is 6.13. The number of hydrogen-bond donors (Lipinski definition) is 2. The zero-order valence-corrected chi connectivity index (χ0v) is 18.9. The Balaban J connectivity index is 1.36. The molecule has 34 heavy (non-hydrogen) atoms. The second-order valence-electron chi connectivity index (χ2n) is 8.80. The highest BCUT2D eigenvalue weighted by atomic mass is 19.4. The fraction of sp³-hybridized carbons (Fsp3) is 0.360. The van der Waals surface area contributed by atoms with Gasteiger partial charge in [0.25, 0.3) is 5.91 Å². The Morgan fingerprint density at radius 3 is 2.32 bits per heavy atom. The number of nitrogens with zero attached hydrogens (tertiary/aromatic N) is 2. The van der Waals surface area contributed by atoms with Gasteiger partial charge in [-0.25, -0.2) is 9.37 Å². The fourth-order valence-electron chi connectivity index (χ4n) is 4.35. The smallest absolute Gasteiger partial charge is 0.377 e. The van der Waals surface area contributed by atoms with Gasteiger partial charge in [0, 0.05) is 48.9 Å². The van der Waals surface area contributed by atoms with Crippen LogP contribution in [0.3, 0.4) is 0 Å². The number of benzene rings is 2. The lowest BCUT2D eigenvalue weighted by molar-refractivity contribution is -0.140. The highest BCUT2D eigenvalue weighted by Crippen LogP contribution is 2.32. The van der Waals surface area contributed by atoms with Gasteiger partial charge >= 0.3 is 6.18 Å². The molecular weight excluding hydrogens is 448 g/mol. The number of nitrogens with one attached hydrogen (secondary N) is 2.